The standard InChI is InChI=1S/C10H19N3O3S2/c1-7(8(11)17)18(15,16)13-6-5-12(4)9(14)10(13,2)3/h7H,5-6H2,1-4H3,(H2,11,17). The van der Waals surface area contributed by atoms with Crippen LogP contribution in [0.5, 0.6) is 0 Å². The van der Waals surface area contributed by atoms with Gasteiger partial charge in [0.1, 0.15) is 10.8 Å². The molecule has 0 saturated carbocycles. The minimum Gasteiger partial charge on any atom is -0.392 e. The fourth-order valence-electron chi connectivity index (χ4n) is 1.98. The quantitative estimate of drug-likeness (QED) is 0.712. The number of hydrogen-bond acceptors (Lipinski definition) is 4. The fraction of sp³-hybridized carbons (Fsp3) is 0.800. The van der Waals surface area contributed by atoms with E-state index in [1.54, 1.807) is 20.9 Å². The highest BCUT2D eigenvalue weighted by molar-refractivity contribution is 7.92. The molecule has 1 heterocycles. The van der Waals surface area contributed by atoms with Crippen molar-refractivity contribution in [3.63, 3.8) is 0 Å². The Morgan fingerprint density at radius 3 is 2.39 bits per heavy atom. The van der Waals surface area contributed by atoms with Gasteiger partial charge in [0.15, 0.2) is 0 Å². The summed E-state index contributed by atoms with van der Waals surface area (Å²) in [6, 6.07) is 0. The van der Waals surface area contributed by atoms with E-state index in [1.165, 1.54) is 16.1 Å². The van der Waals surface area contributed by atoms with E-state index in [4.69, 9.17) is 18.0 Å². The number of nitrogens with two attached hydrogens (primary N) is 1. The van der Waals surface area contributed by atoms with Gasteiger partial charge < -0.3 is 10.6 Å². The number of hydrogen-bond donors (Lipinski definition) is 1. The number of thiocarbonyl (C=S) groups is 1. The van der Waals surface area contributed by atoms with E-state index in [0.717, 1.165) is 0 Å². The lowest BCUT2D eigenvalue weighted by Crippen LogP contribution is -2.65. The van der Waals surface area contributed by atoms with Crippen molar-refractivity contribution in [3.05, 3.63) is 0 Å². The largest absolute Gasteiger partial charge is 0.392 e. The van der Waals surface area contributed by atoms with Gasteiger partial charge in [-0.25, -0.2) is 8.42 Å². The molecular weight excluding hydrogens is 274 g/mol. The first-order valence-corrected chi connectivity index (χ1v) is 7.50. The molecule has 1 unspecified atom stereocenters. The van der Waals surface area contributed by atoms with Crippen LogP contribution in [0.4, 0.5) is 0 Å². The molecule has 18 heavy (non-hydrogen) atoms. The van der Waals surface area contributed by atoms with Gasteiger partial charge >= 0.3 is 0 Å². The molecule has 1 rings (SSSR count). The molecule has 2 N–H and O–H groups in total. The van der Waals surface area contributed by atoms with Crippen molar-refractivity contribution in [2.75, 3.05) is 20.1 Å². The van der Waals surface area contributed by atoms with Crippen LogP contribution < -0.4 is 5.73 Å². The van der Waals surface area contributed by atoms with Crippen LogP contribution in [0, 0.1) is 0 Å². The van der Waals surface area contributed by atoms with Crippen LogP contribution in [0.2, 0.25) is 0 Å². The number of carbonyl (C=O) groups excluding carboxylic acids is 1. The summed E-state index contributed by atoms with van der Waals surface area (Å²) in [6.07, 6.45) is 0. The smallest absolute Gasteiger partial charge is 0.243 e. The first-order chi connectivity index (χ1) is 8.02. The third-order valence-electron chi connectivity index (χ3n) is 3.29. The van der Waals surface area contributed by atoms with Crippen LogP contribution in [-0.2, 0) is 14.8 Å². The van der Waals surface area contributed by atoms with E-state index >= 15 is 0 Å². The lowest BCUT2D eigenvalue weighted by atomic mass is 10.0. The average molecular weight is 293 g/mol. The number of sulfonamides is 1. The van der Waals surface area contributed by atoms with E-state index in [0.29, 0.717) is 6.54 Å². The van der Waals surface area contributed by atoms with Gasteiger partial charge in [0, 0.05) is 20.1 Å². The maximum Gasteiger partial charge on any atom is 0.243 e. The molecule has 1 aliphatic rings. The maximum atomic E-state index is 12.4. The number of piperazine rings is 1. The van der Waals surface area contributed by atoms with Gasteiger partial charge in [0.2, 0.25) is 15.9 Å². The Morgan fingerprint density at radius 1 is 1.44 bits per heavy atom. The van der Waals surface area contributed by atoms with Crippen molar-refractivity contribution in [1.82, 2.24) is 9.21 Å². The van der Waals surface area contributed by atoms with Crippen molar-refractivity contribution < 1.29 is 13.2 Å². The second-order valence-corrected chi connectivity index (χ2v) is 7.60. The summed E-state index contributed by atoms with van der Waals surface area (Å²) >= 11 is 4.74. The number of likely N-dealkylation sites (N-methyl/N-ethyl adjacent to an activating group) is 1. The molecule has 1 amide bonds. The Hall–Kier alpha value is -0.730. The van der Waals surface area contributed by atoms with Crippen LogP contribution in [-0.4, -0.2) is 59.4 Å². The lowest BCUT2D eigenvalue weighted by molar-refractivity contribution is -0.142. The molecule has 1 saturated heterocycles. The second-order valence-electron chi connectivity index (χ2n) is 4.95. The summed E-state index contributed by atoms with van der Waals surface area (Å²) in [5, 5.41) is -0.969. The van der Waals surface area contributed by atoms with E-state index in [9.17, 15) is 13.2 Å². The molecule has 0 aliphatic carbocycles. The molecule has 0 bridgehead atoms. The fourth-order valence-corrected chi connectivity index (χ4v) is 4.07. The molecule has 0 spiro atoms. The Labute approximate surface area is 113 Å². The molecule has 0 aromatic heterocycles. The van der Waals surface area contributed by atoms with Gasteiger partial charge in [0.25, 0.3) is 0 Å². The molecule has 6 nitrogen and oxygen atoms in total. The summed E-state index contributed by atoms with van der Waals surface area (Å²) in [5.41, 5.74) is 4.30. The molecule has 8 heteroatoms. The summed E-state index contributed by atoms with van der Waals surface area (Å²) in [4.78, 5) is 13.5. The van der Waals surface area contributed by atoms with Crippen LogP contribution in [0.25, 0.3) is 0 Å². The number of carbonyl (C=O) groups is 1. The van der Waals surface area contributed by atoms with Crippen molar-refractivity contribution in [2.24, 2.45) is 5.73 Å². The van der Waals surface area contributed by atoms with Crippen LogP contribution in [0.3, 0.4) is 0 Å². The van der Waals surface area contributed by atoms with Crippen molar-refractivity contribution in [2.45, 2.75) is 31.6 Å². The van der Waals surface area contributed by atoms with Gasteiger partial charge in [-0.05, 0) is 20.8 Å². The molecule has 0 radical (unpaired) electrons. The minimum atomic E-state index is -3.71. The number of nitrogens with zero attached hydrogens (tertiary/aromatic N) is 2. The number of rotatable bonds is 3. The normalized spacial score (nSPS) is 22.9. The molecule has 1 atom stereocenters. The zero-order chi connectivity index (χ0) is 14.3. The highest BCUT2D eigenvalue weighted by Gasteiger charge is 2.48. The SMILES string of the molecule is CC(C(N)=S)S(=O)(=O)N1CCN(C)C(=O)C1(C)C. The summed E-state index contributed by atoms with van der Waals surface area (Å²) < 4.78 is 26.0. The zero-order valence-electron chi connectivity index (χ0n) is 11.0. The van der Waals surface area contributed by atoms with Crippen LogP contribution in [0.1, 0.15) is 20.8 Å². The van der Waals surface area contributed by atoms with Crippen LogP contribution in [0.15, 0.2) is 0 Å². The molecule has 1 aliphatic heterocycles. The molecule has 0 aromatic carbocycles. The van der Waals surface area contributed by atoms with Crippen molar-refractivity contribution in [3.8, 4) is 0 Å². The van der Waals surface area contributed by atoms with Gasteiger partial charge in [-0.2, -0.15) is 4.31 Å². The number of amides is 1. The topological polar surface area (TPSA) is 83.7 Å². The molecular formula is C10H19N3O3S2. The van der Waals surface area contributed by atoms with E-state index in [1.807, 2.05) is 0 Å². The lowest BCUT2D eigenvalue weighted by Gasteiger charge is -2.44. The average Bonchev–Trinajstić information content (AvgIpc) is 2.24. The Balaban J connectivity index is 3.18. The summed E-state index contributed by atoms with van der Waals surface area (Å²) in [7, 11) is -2.05. The highest BCUT2D eigenvalue weighted by atomic mass is 32.2. The van der Waals surface area contributed by atoms with Crippen molar-refractivity contribution >= 4 is 33.1 Å². The van der Waals surface area contributed by atoms with Gasteiger partial charge in [-0.3, -0.25) is 4.79 Å². The third-order valence-corrected chi connectivity index (χ3v) is 6.19. The first kappa shape index (κ1) is 15.3. The second kappa shape index (κ2) is 4.75. The van der Waals surface area contributed by atoms with Gasteiger partial charge in [0.05, 0.1) is 4.99 Å². The summed E-state index contributed by atoms with van der Waals surface area (Å²) in [5.74, 6) is -0.229. The summed E-state index contributed by atoms with van der Waals surface area (Å²) in [6.45, 7) is 5.25. The Morgan fingerprint density at radius 2 is 1.94 bits per heavy atom. The van der Waals surface area contributed by atoms with Crippen LogP contribution >= 0.6 is 12.2 Å². The molecule has 104 valence electrons. The van der Waals surface area contributed by atoms with E-state index in [2.05, 4.69) is 0 Å². The van der Waals surface area contributed by atoms with Gasteiger partial charge in [-0.1, -0.05) is 12.2 Å². The van der Waals surface area contributed by atoms with Gasteiger partial charge in [-0.15, -0.1) is 0 Å². The predicted octanol–water partition coefficient (Wildman–Crippen LogP) is -0.457. The highest BCUT2D eigenvalue weighted by Crippen LogP contribution is 2.27. The van der Waals surface area contributed by atoms with Crippen molar-refractivity contribution in [1.29, 1.82) is 0 Å². The maximum absolute atomic E-state index is 12.4. The zero-order valence-corrected chi connectivity index (χ0v) is 12.6. The monoisotopic (exact) mass is 293 g/mol. The Bertz CT molecular complexity index is 473. The van der Waals surface area contributed by atoms with E-state index < -0.39 is 20.8 Å². The predicted molar refractivity (Wildman–Crippen MR) is 73.6 cm³/mol. The molecule has 0 aromatic rings. The third kappa shape index (κ3) is 2.36. The molecule has 1 fully saturated rings. The Kier molecular flexibility index (Phi) is 4.04. The first-order valence-electron chi connectivity index (χ1n) is 5.59. The van der Waals surface area contributed by atoms with E-state index in [-0.39, 0.29) is 17.4 Å². The minimum absolute atomic E-state index is 0.0859.